The van der Waals surface area contributed by atoms with Crippen molar-refractivity contribution in [3.63, 3.8) is 0 Å². The minimum Gasteiger partial charge on any atom is -0.356 e. The van der Waals surface area contributed by atoms with Gasteiger partial charge in [0.15, 0.2) is 0 Å². The standard InChI is InChI=1S/C10H18N4O2/c1-3-5-14-7(6-8(15)12-4-2)9(11)13-10(14)16/h7H,3-6H2,1-2H3,(H,12,15)(H2,11,13,16). The zero-order valence-electron chi connectivity index (χ0n) is 9.67. The van der Waals surface area contributed by atoms with Gasteiger partial charge in [0.25, 0.3) is 0 Å². The van der Waals surface area contributed by atoms with Crippen molar-refractivity contribution >= 4 is 17.8 Å². The van der Waals surface area contributed by atoms with Crippen molar-refractivity contribution in [3.05, 3.63) is 0 Å². The van der Waals surface area contributed by atoms with Crippen molar-refractivity contribution in [2.45, 2.75) is 32.7 Å². The molecular formula is C10H18N4O2. The highest BCUT2D eigenvalue weighted by Gasteiger charge is 2.36. The maximum Gasteiger partial charge on any atom is 0.323 e. The minimum atomic E-state index is -0.431. The van der Waals surface area contributed by atoms with Crippen molar-refractivity contribution in [2.75, 3.05) is 13.1 Å². The number of carbonyl (C=O) groups is 2. The molecule has 3 amide bonds. The molecule has 6 nitrogen and oxygen atoms in total. The van der Waals surface area contributed by atoms with E-state index in [1.807, 2.05) is 13.8 Å². The molecule has 0 bridgehead atoms. The van der Waals surface area contributed by atoms with Crippen LogP contribution in [0.25, 0.3) is 0 Å². The van der Waals surface area contributed by atoms with Gasteiger partial charge in [-0.25, -0.2) is 4.79 Å². The zero-order valence-corrected chi connectivity index (χ0v) is 9.67. The summed E-state index contributed by atoms with van der Waals surface area (Å²) in [5.41, 5.74) is 0. The molecule has 0 aromatic rings. The number of urea groups is 1. The summed E-state index contributed by atoms with van der Waals surface area (Å²) in [6, 6.07) is -0.708. The highest BCUT2D eigenvalue weighted by Crippen LogP contribution is 2.12. The van der Waals surface area contributed by atoms with Gasteiger partial charge in [-0.1, -0.05) is 6.92 Å². The predicted octanol–water partition coefficient (Wildman–Crippen LogP) is 0.294. The molecule has 1 aliphatic heterocycles. The molecule has 3 N–H and O–H groups in total. The normalized spacial score (nSPS) is 19.9. The van der Waals surface area contributed by atoms with E-state index in [-0.39, 0.29) is 24.2 Å². The van der Waals surface area contributed by atoms with E-state index in [0.29, 0.717) is 13.1 Å². The number of carbonyl (C=O) groups excluding carboxylic acids is 2. The highest BCUT2D eigenvalue weighted by molar-refractivity contribution is 6.07. The Hall–Kier alpha value is -1.59. The summed E-state index contributed by atoms with van der Waals surface area (Å²) in [6.07, 6.45) is 0.970. The number of nitrogens with one attached hydrogen (secondary N) is 3. The second kappa shape index (κ2) is 5.48. The quantitative estimate of drug-likeness (QED) is 0.629. The minimum absolute atomic E-state index is 0.115. The van der Waals surface area contributed by atoms with Gasteiger partial charge < -0.3 is 10.2 Å². The lowest BCUT2D eigenvalue weighted by Crippen LogP contribution is -2.39. The molecule has 1 unspecified atom stereocenters. The summed E-state index contributed by atoms with van der Waals surface area (Å²) in [5, 5.41) is 12.7. The summed E-state index contributed by atoms with van der Waals surface area (Å²) >= 11 is 0. The zero-order chi connectivity index (χ0) is 12.1. The van der Waals surface area contributed by atoms with E-state index >= 15 is 0 Å². The van der Waals surface area contributed by atoms with Crippen LogP contribution in [0.4, 0.5) is 4.79 Å². The van der Waals surface area contributed by atoms with Crippen LogP contribution in [0, 0.1) is 5.41 Å². The second-order valence-electron chi connectivity index (χ2n) is 3.71. The van der Waals surface area contributed by atoms with Gasteiger partial charge in [-0.05, 0) is 13.3 Å². The van der Waals surface area contributed by atoms with Gasteiger partial charge in [-0.2, -0.15) is 0 Å². The van der Waals surface area contributed by atoms with E-state index in [0.717, 1.165) is 6.42 Å². The third-order valence-corrected chi connectivity index (χ3v) is 2.43. The molecule has 90 valence electrons. The lowest BCUT2D eigenvalue weighted by molar-refractivity contribution is -0.121. The molecule has 1 saturated heterocycles. The van der Waals surface area contributed by atoms with Crippen molar-refractivity contribution < 1.29 is 9.59 Å². The molecule has 1 heterocycles. The van der Waals surface area contributed by atoms with Gasteiger partial charge in [-0.3, -0.25) is 15.5 Å². The van der Waals surface area contributed by atoms with Crippen LogP contribution in [-0.2, 0) is 4.79 Å². The van der Waals surface area contributed by atoms with Crippen LogP contribution in [0.2, 0.25) is 0 Å². The fourth-order valence-corrected chi connectivity index (χ4v) is 1.72. The fraction of sp³-hybridized carbons (Fsp3) is 0.700. The van der Waals surface area contributed by atoms with Crippen molar-refractivity contribution in [3.8, 4) is 0 Å². The second-order valence-corrected chi connectivity index (χ2v) is 3.71. The Labute approximate surface area is 94.9 Å². The Bertz CT molecular complexity index is 303. The van der Waals surface area contributed by atoms with Crippen LogP contribution < -0.4 is 10.6 Å². The number of rotatable bonds is 5. The molecule has 0 radical (unpaired) electrons. The molecular weight excluding hydrogens is 208 g/mol. The molecule has 0 aromatic carbocycles. The Morgan fingerprint density at radius 3 is 2.81 bits per heavy atom. The van der Waals surface area contributed by atoms with Crippen LogP contribution >= 0.6 is 0 Å². The molecule has 6 heteroatoms. The SMILES string of the molecule is CCCN1C(=O)NC(=N)C1CC(=O)NCC. The molecule has 1 atom stereocenters. The smallest absolute Gasteiger partial charge is 0.323 e. The maximum atomic E-state index is 11.5. The largest absolute Gasteiger partial charge is 0.356 e. The van der Waals surface area contributed by atoms with E-state index in [2.05, 4.69) is 10.6 Å². The molecule has 0 aromatic heterocycles. The first-order valence-electron chi connectivity index (χ1n) is 5.52. The van der Waals surface area contributed by atoms with E-state index in [4.69, 9.17) is 5.41 Å². The van der Waals surface area contributed by atoms with Gasteiger partial charge >= 0.3 is 6.03 Å². The summed E-state index contributed by atoms with van der Waals surface area (Å²) in [5.74, 6) is -0.0143. The van der Waals surface area contributed by atoms with Gasteiger partial charge in [0.2, 0.25) is 5.91 Å². The first kappa shape index (κ1) is 12.5. The van der Waals surface area contributed by atoms with E-state index < -0.39 is 6.04 Å². The lowest BCUT2D eigenvalue weighted by atomic mass is 10.1. The predicted molar refractivity (Wildman–Crippen MR) is 60.3 cm³/mol. The first-order valence-corrected chi connectivity index (χ1v) is 5.52. The Balaban J connectivity index is 2.64. The summed E-state index contributed by atoms with van der Waals surface area (Å²) in [7, 11) is 0. The summed E-state index contributed by atoms with van der Waals surface area (Å²) in [6.45, 7) is 4.93. The fourth-order valence-electron chi connectivity index (χ4n) is 1.72. The van der Waals surface area contributed by atoms with Crippen molar-refractivity contribution in [2.24, 2.45) is 0 Å². The highest BCUT2D eigenvalue weighted by atomic mass is 16.2. The number of hydrogen-bond acceptors (Lipinski definition) is 3. The average molecular weight is 226 g/mol. The molecule has 0 spiro atoms. The van der Waals surface area contributed by atoms with Gasteiger partial charge in [0.05, 0.1) is 12.5 Å². The lowest BCUT2D eigenvalue weighted by Gasteiger charge is -2.21. The van der Waals surface area contributed by atoms with Crippen LogP contribution in [0.15, 0.2) is 0 Å². The monoisotopic (exact) mass is 226 g/mol. The first-order chi connectivity index (χ1) is 7.60. The van der Waals surface area contributed by atoms with Gasteiger partial charge in [0.1, 0.15) is 5.84 Å². The number of amidine groups is 1. The summed E-state index contributed by atoms with van der Waals surface area (Å²) in [4.78, 5) is 24.4. The van der Waals surface area contributed by atoms with Crippen molar-refractivity contribution in [1.29, 1.82) is 5.41 Å². The number of nitrogens with zero attached hydrogens (tertiary/aromatic N) is 1. The molecule has 0 aliphatic carbocycles. The van der Waals surface area contributed by atoms with Crippen LogP contribution in [-0.4, -0.2) is 41.8 Å². The molecule has 0 saturated carbocycles. The Kier molecular flexibility index (Phi) is 4.28. The molecule has 16 heavy (non-hydrogen) atoms. The third-order valence-electron chi connectivity index (χ3n) is 2.43. The number of hydrogen-bond donors (Lipinski definition) is 3. The molecule has 1 fully saturated rings. The van der Waals surface area contributed by atoms with Crippen molar-refractivity contribution in [1.82, 2.24) is 15.5 Å². The third kappa shape index (κ3) is 2.71. The van der Waals surface area contributed by atoms with E-state index in [9.17, 15) is 9.59 Å². The van der Waals surface area contributed by atoms with E-state index in [1.165, 1.54) is 4.90 Å². The topological polar surface area (TPSA) is 85.3 Å². The Morgan fingerprint density at radius 1 is 1.56 bits per heavy atom. The van der Waals surface area contributed by atoms with Crippen LogP contribution in [0.5, 0.6) is 0 Å². The van der Waals surface area contributed by atoms with Crippen LogP contribution in [0.1, 0.15) is 26.7 Å². The van der Waals surface area contributed by atoms with Gasteiger partial charge in [0, 0.05) is 13.1 Å². The van der Waals surface area contributed by atoms with E-state index in [1.54, 1.807) is 0 Å². The summed E-state index contributed by atoms with van der Waals surface area (Å²) < 4.78 is 0. The van der Waals surface area contributed by atoms with Crippen LogP contribution in [0.3, 0.4) is 0 Å². The van der Waals surface area contributed by atoms with Gasteiger partial charge in [-0.15, -0.1) is 0 Å². The molecule has 1 aliphatic rings. The Morgan fingerprint density at radius 2 is 2.25 bits per heavy atom. The number of amides is 3. The average Bonchev–Trinajstić information content (AvgIpc) is 2.46. The maximum absolute atomic E-state index is 11.5. The molecule has 1 rings (SSSR count).